The number of nitrogens with zero attached hydrogens (tertiary/aromatic N) is 3. The highest BCUT2D eigenvalue weighted by atomic mass is 32.2. The standard InChI is InChI=1S/C24H25F2N3O4S/c1-15(23(2,25)26)33-19-8-7-17(34(3,31)32)10-18(19)22(30)29-12-16-11-24(16,14-29)20-13-28-9-5-4-6-21(28)27-20/h4-10,13,15-16H,11-12,14H2,1-3H3. The number of halogens is 2. The van der Waals surface area contributed by atoms with Gasteiger partial charge in [-0.05, 0) is 49.6 Å². The zero-order chi connectivity index (χ0) is 24.5. The molecule has 7 nitrogen and oxygen atoms in total. The lowest BCUT2D eigenvalue weighted by atomic mass is 10.0. The van der Waals surface area contributed by atoms with Gasteiger partial charge in [-0.25, -0.2) is 22.2 Å². The van der Waals surface area contributed by atoms with Crippen molar-refractivity contribution in [2.75, 3.05) is 19.3 Å². The number of benzene rings is 1. The number of carbonyl (C=O) groups excluding carboxylic acids is 1. The number of ether oxygens (including phenoxy) is 1. The van der Waals surface area contributed by atoms with Gasteiger partial charge in [0, 0.05) is 44.1 Å². The summed E-state index contributed by atoms with van der Waals surface area (Å²) in [6, 6.07) is 9.51. The van der Waals surface area contributed by atoms with E-state index in [1.165, 1.54) is 25.1 Å². The maximum atomic E-state index is 13.8. The molecule has 10 heteroatoms. The lowest BCUT2D eigenvalue weighted by molar-refractivity contribution is -0.0720. The van der Waals surface area contributed by atoms with Crippen molar-refractivity contribution in [1.29, 1.82) is 0 Å². The highest BCUT2D eigenvalue weighted by Gasteiger charge is 2.63. The summed E-state index contributed by atoms with van der Waals surface area (Å²) in [4.78, 5) is 19.8. The summed E-state index contributed by atoms with van der Waals surface area (Å²) in [6.45, 7) is 2.84. The molecule has 5 rings (SSSR count). The number of fused-ring (bicyclic) bond motifs is 2. The van der Waals surface area contributed by atoms with Crippen LogP contribution in [0.3, 0.4) is 0 Å². The molecule has 1 aliphatic heterocycles. The molecule has 1 amide bonds. The van der Waals surface area contributed by atoms with Crippen molar-refractivity contribution in [3.63, 3.8) is 0 Å². The molecule has 2 aromatic heterocycles. The van der Waals surface area contributed by atoms with Crippen molar-refractivity contribution in [2.24, 2.45) is 5.92 Å². The molecule has 1 aromatic carbocycles. The number of pyridine rings is 1. The minimum Gasteiger partial charge on any atom is -0.484 e. The van der Waals surface area contributed by atoms with Crippen molar-refractivity contribution in [3.05, 3.63) is 60.0 Å². The fourth-order valence-electron chi connectivity index (χ4n) is 4.68. The Bertz CT molecular complexity index is 1370. The molecule has 0 N–H and O–H groups in total. The summed E-state index contributed by atoms with van der Waals surface area (Å²) < 4.78 is 59.1. The number of sulfone groups is 1. The van der Waals surface area contributed by atoms with Gasteiger partial charge >= 0.3 is 0 Å². The summed E-state index contributed by atoms with van der Waals surface area (Å²) in [5, 5.41) is 0. The minimum atomic E-state index is -3.62. The van der Waals surface area contributed by atoms with Gasteiger partial charge in [0.2, 0.25) is 0 Å². The molecule has 0 radical (unpaired) electrons. The number of hydrogen-bond donors (Lipinski definition) is 0. The number of hydrogen-bond acceptors (Lipinski definition) is 5. The van der Waals surface area contributed by atoms with Crippen LogP contribution in [0.25, 0.3) is 5.65 Å². The normalized spacial score (nSPS) is 23.1. The second-order valence-corrected chi connectivity index (χ2v) is 11.5. The van der Waals surface area contributed by atoms with E-state index in [9.17, 15) is 22.0 Å². The molecular weight excluding hydrogens is 464 g/mol. The van der Waals surface area contributed by atoms with Gasteiger partial charge in [-0.15, -0.1) is 0 Å². The van der Waals surface area contributed by atoms with Crippen LogP contribution >= 0.6 is 0 Å². The molecule has 1 aliphatic carbocycles. The zero-order valence-corrected chi connectivity index (χ0v) is 19.9. The monoisotopic (exact) mass is 489 g/mol. The summed E-state index contributed by atoms with van der Waals surface area (Å²) >= 11 is 0. The lowest BCUT2D eigenvalue weighted by Gasteiger charge is -2.25. The highest BCUT2D eigenvalue weighted by molar-refractivity contribution is 7.90. The van der Waals surface area contributed by atoms with Gasteiger partial charge in [0.05, 0.1) is 16.2 Å². The molecule has 34 heavy (non-hydrogen) atoms. The van der Waals surface area contributed by atoms with Gasteiger partial charge in [-0.2, -0.15) is 0 Å². The van der Waals surface area contributed by atoms with E-state index in [-0.39, 0.29) is 27.5 Å². The smallest absolute Gasteiger partial charge is 0.281 e. The number of likely N-dealkylation sites (tertiary alicyclic amines) is 1. The first-order valence-corrected chi connectivity index (χ1v) is 12.9. The van der Waals surface area contributed by atoms with Gasteiger partial charge in [-0.1, -0.05) is 6.07 Å². The predicted octanol–water partition coefficient (Wildman–Crippen LogP) is 3.57. The number of imidazole rings is 1. The largest absolute Gasteiger partial charge is 0.484 e. The minimum absolute atomic E-state index is 0.0366. The average molecular weight is 490 g/mol. The first kappa shape index (κ1) is 22.8. The third-order valence-electron chi connectivity index (χ3n) is 6.93. The molecule has 180 valence electrons. The van der Waals surface area contributed by atoms with Gasteiger partial charge < -0.3 is 14.0 Å². The van der Waals surface area contributed by atoms with Crippen LogP contribution in [0.2, 0.25) is 0 Å². The van der Waals surface area contributed by atoms with Crippen molar-refractivity contribution in [2.45, 2.75) is 42.6 Å². The van der Waals surface area contributed by atoms with E-state index < -0.39 is 27.8 Å². The van der Waals surface area contributed by atoms with E-state index in [1.807, 2.05) is 35.0 Å². The van der Waals surface area contributed by atoms with Crippen LogP contribution in [-0.4, -0.2) is 60.0 Å². The Balaban J connectivity index is 1.46. The second kappa shape index (κ2) is 7.49. The van der Waals surface area contributed by atoms with Crippen molar-refractivity contribution < 1.29 is 26.7 Å². The molecule has 1 saturated carbocycles. The van der Waals surface area contributed by atoms with E-state index in [2.05, 4.69) is 0 Å². The summed E-state index contributed by atoms with van der Waals surface area (Å²) in [5.41, 5.74) is 1.46. The van der Waals surface area contributed by atoms with Gasteiger partial charge in [0.25, 0.3) is 11.8 Å². The first-order chi connectivity index (χ1) is 15.9. The molecule has 3 aromatic rings. The Kier molecular flexibility index (Phi) is 5.02. The molecule has 0 bridgehead atoms. The van der Waals surface area contributed by atoms with Crippen LogP contribution in [0.4, 0.5) is 8.78 Å². The molecular formula is C24H25F2N3O4S. The first-order valence-electron chi connectivity index (χ1n) is 11.0. The number of aromatic nitrogens is 2. The Hall–Kier alpha value is -3.01. The molecule has 3 unspecified atom stereocenters. The van der Waals surface area contributed by atoms with Gasteiger partial charge in [0.15, 0.2) is 15.9 Å². The van der Waals surface area contributed by atoms with Crippen LogP contribution in [0, 0.1) is 5.92 Å². The topological polar surface area (TPSA) is 81.0 Å². The maximum absolute atomic E-state index is 13.8. The number of alkyl halides is 2. The Morgan fingerprint density at radius 2 is 2.06 bits per heavy atom. The van der Waals surface area contributed by atoms with E-state index in [0.29, 0.717) is 13.1 Å². The molecule has 3 heterocycles. The zero-order valence-electron chi connectivity index (χ0n) is 19.0. The lowest BCUT2D eigenvalue weighted by Crippen LogP contribution is -2.35. The summed E-state index contributed by atoms with van der Waals surface area (Å²) in [5.74, 6) is -3.41. The predicted molar refractivity (Wildman–Crippen MR) is 121 cm³/mol. The number of piperidine rings is 1. The average Bonchev–Trinajstić information content (AvgIpc) is 3.12. The number of amides is 1. The number of carbonyl (C=O) groups is 1. The molecule has 2 aliphatic rings. The third kappa shape index (κ3) is 3.83. The quantitative estimate of drug-likeness (QED) is 0.529. The Morgan fingerprint density at radius 1 is 1.29 bits per heavy atom. The summed E-state index contributed by atoms with van der Waals surface area (Å²) in [7, 11) is -3.62. The van der Waals surface area contributed by atoms with E-state index >= 15 is 0 Å². The molecule has 1 saturated heterocycles. The third-order valence-corrected chi connectivity index (χ3v) is 8.04. The van der Waals surface area contributed by atoms with E-state index in [0.717, 1.165) is 30.9 Å². The van der Waals surface area contributed by atoms with Crippen molar-refractivity contribution in [3.8, 4) is 5.75 Å². The van der Waals surface area contributed by atoms with Crippen LogP contribution in [0.1, 0.15) is 36.3 Å². The van der Waals surface area contributed by atoms with Crippen molar-refractivity contribution in [1.82, 2.24) is 14.3 Å². The SMILES string of the molecule is CC(Oc1ccc(S(C)(=O)=O)cc1C(=O)N1CC2CC2(c2cn3ccccc3n2)C1)C(C)(F)F. The van der Waals surface area contributed by atoms with Crippen molar-refractivity contribution >= 4 is 21.4 Å². The van der Waals surface area contributed by atoms with Crippen LogP contribution < -0.4 is 4.74 Å². The Morgan fingerprint density at radius 3 is 2.74 bits per heavy atom. The fraction of sp³-hybridized carbons (Fsp3) is 0.417. The molecule has 2 fully saturated rings. The fourth-order valence-corrected chi connectivity index (χ4v) is 5.33. The Labute approximate surface area is 196 Å². The number of rotatable bonds is 6. The van der Waals surface area contributed by atoms with E-state index in [1.54, 1.807) is 4.90 Å². The van der Waals surface area contributed by atoms with Gasteiger partial charge in [0.1, 0.15) is 11.4 Å². The van der Waals surface area contributed by atoms with Gasteiger partial charge in [-0.3, -0.25) is 4.79 Å². The van der Waals surface area contributed by atoms with Crippen LogP contribution in [-0.2, 0) is 15.3 Å². The highest BCUT2D eigenvalue weighted by Crippen LogP contribution is 2.59. The summed E-state index contributed by atoms with van der Waals surface area (Å²) in [6.07, 6.45) is 4.34. The van der Waals surface area contributed by atoms with E-state index in [4.69, 9.17) is 9.72 Å². The molecule has 3 atom stereocenters. The van der Waals surface area contributed by atoms with Crippen LogP contribution in [0.5, 0.6) is 5.75 Å². The molecule has 0 spiro atoms. The second-order valence-electron chi connectivity index (χ2n) is 9.48. The maximum Gasteiger partial charge on any atom is 0.281 e. The van der Waals surface area contributed by atoms with Crippen LogP contribution in [0.15, 0.2) is 53.7 Å².